The van der Waals surface area contributed by atoms with Gasteiger partial charge in [-0.25, -0.2) is 4.79 Å². The molecule has 0 aromatic heterocycles. The molecule has 3 rings (SSSR count). The van der Waals surface area contributed by atoms with E-state index >= 15 is 0 Å². The molecule has 19 heavy (non-hydrogen) atoms. The Morgan fingerprint density at radius 1 is 1.42 bits per heavy atom. The fourth-order valence-electron chi connectivity index (χ4n) is 3.46. The average Bonchev–Trinajstić information content (AvgIpc) is 2.44. The predicted octanol–water partition coefficient (Wildman–Crippen LogP) is 3.89. The first kappa shape index (κ1) is 12.3. The van der Waals surface area contributed by atoms with Gasteiger partial charge in [0.2, 0.25) is 0 Å². The van der Waals surface area contributed by atoms with Crippen LogP contribution in [0.15, 0.2) is 36.9 Å². The van der Waals surface area contributed by atoms with Gasteiger partial charge in [0, 0.05) is 5.92 Å². The van der Waals surface area contributed by atoms with Crippen molar-refractivity contribution < 1.29 is 14.3 Å². The van der Waals surface area contributed by atoms with Crippen molar-refractivity contribution in [3.63, 3.8) is 0 Å². The van der Waals surface area contributed by atoms with Crippen LogP contribution in [0.1, 0.15) is 42.7 Å². The van der Waals surface area contributed by atoms with E-state index < -0.39 is 11.8 Å². The van der Waals surface area contributed by atoms with Gasteiger partial charge in [0.1, 0.15) is 12.2 Å². The zero-order valence-corrected chi connectivity index (χ0v) is 10.9. The van der Waals surface area contributed by atoms with Crippen molar-refractivity contribution in [3.8, 4) is 0 Å². The Hall–Kier alpha value is -1.77. The Balaban J connectivity index is 1.84. The van der Waals surface area contributed by atoms with Crippen molar-refractivity contribution in [2.24, 2.45) is 0 Å². The molecule has 0 aliphatic heterocycles. The molecule has 100 valence electrons. The third-order valence-corrected chi connectivity index (χ3v) is 4.23. The van der Waals surface area contributed by atoms with Crippen LogP contribution < -0.4 is 0 Å². The van der Waals surface area contributed by atoms with Crippen LogP contribution >= 0.6 is 0 Å². The SMILES string of the molecule is C=CCOC(=O)O[C@@]12CCCC[C@@H]1c1ccccc12. The normalized spacial score (nSPS) is 27.5. The minimum Gasteiger partial charge on any atom is -0.430 e. The van der Waals surface area contributed by atoms with Crippen molar-refractivity contribution in [1.82, 2.24) is 0 Å². The molecule has 1 fully saturated rings. The molecule has 0 bridgehead atoms. The lowest BCUT2D eigenvalue weighted by atomic mass is 9.58. The fourth-order valence-corrected chi connectivity index (χ4v) is 3.46. The van der Waals surface area contributed by atoms with Gasteiger partial charge in [-0.15, -0.1) is 0 Å². The summed E-state index contributed by atoms with van der Waals surface area (Å²) in [5.41, 5.74) is 2.06. The highest BCUT2D eigenvalue weighted by Gasteiger charge is 2.55. The average molecular weight is 258 g/mol. The smallest absolute Gasteiger partial charge is 0.430 e. The van der Waals surface area contributed by atoms with E-state index in [-0.39, 0.29) is 6.61 Å². The van der Waals surface area contributed by atoms with E-state index in [1.807, 2.05) is 12.1 Å². The highest BCUT2D eigenvalue weighted by Crippen LogP contribution is 2.59. The van der Waals surface area contributed by atoms with E-state index in [1.54, 1.807) is 6.08 Å². The summed E-state index contributed by atoms with van der Waals surface area (Å²) in [4.78, 5) is 11.8. The van der Waals surface area contributed by atoms with Crippen LogP contribution in [-0.2, 0) is 15.1 Å². The zero-order valence-electron chi connectivity index (χ0n) is 10.9. The van der Waals surface area contributed by atoms with Gasteiger partial charge >= 0.3 is 6.16 Å². The lowest BCUT2D eigenvalue weighted by molar-refractivity contribution is -0.0887. The summed E-state index contributed by atoms with van der Waals surface area (Å²) in [5, 5.41) is 0. The number of carbonyl (C=O) groups is 1. The van der Waals surface area contributed by atoms with E-state index in [1.165, 1.54) is 12.0 Å². The molecule has 1 saturated carbocycles. The van der Waals surface area contributed by atoms with Crippen LogP contribution in [0, 0.1) is 0 Å². The highest BCUT2D eigenvalue weighted by atomic mass is 16.7. The van der Waals surface area contributed by atoms with Gasteiger partial charge in [0.15, 0.2) is 0 Å². The molecular formula is C16H18O3. The second-order valence-corrected chi connectivity index (χ2v) is 5.23. The number of ether oxygens (including phenoxy) is 2. The topological polar surface area (TPSA) is 35.5 Å². The summed E-state index contributed by atoms with van der Waals surface area (Å²) in [6.45, 7) is 3.72. The molecule has 2 atom stereocenters. The summed E-state index contributed by atoms with van der Waals surface area (Å²) in [7, 11) is 0. The van der Waals surface area contributed by atoms with Gasteiger partial charge in [0.05, 0.1) is 0 Å². The number of rotatable bonds is 3. The van der Waals surface area contributed by atoms with E-state index in [0.29, 0.717) is 5.92 Å². The second kappa shape index (κ2) is 4.72. The van der Waals surface area contributed by atoms with Crippen molar-refractivity contribution >= 4 is 6.16 Å². The number of fused-ring (bicyclic) bond motifs is 4. The van der Waals surface area contributed by atoms with Crippen molar-refractivity contribution in [2.45, 2.75) is 37.2 Å². The lowest BCUT2D eigenvalue weighted by Gasteiger charge is -2.52. The van der Waals surface area contributed by atoms with E-state index in [9.17, 15) is 4.79 Å². The maximum Gasteiger partial charge on any atom is 0.509 e. The van der Waals surface area contributed by atoms with Crippen LogP contribution in [0.3, 0.4) is 0 Å². The third-order valence-electron chi connectivity index (χ3n) is 4.23. The molecule has 2 aliphatic carbocycles. The summed E-state index contributed by atoms with van der Waals surface area (Å²) in [5.74, 6) is 0.341. The summed E-state index contributed by atoms with van der Waals surface area (Å²) < 4.78 is 10.7. The molecule has 2 aliphatic rings. The van der Waals surface area contributed by atoms with E-state index in [4.69, 9.17) is 9.47 Å². The van der Waals surface area contributed by atoms with Crippen LogP contribution in [0.25, 0.3) is 0 Å². The molecule has 1 aromatic carbocycles. The molecule has 0 saturated heterocycles. The predicted molar refractivity (Wildman–Crippen MR) is 72.0 cm³/mol. The van der Waals surface area contributed by atoms with Gasteiger partial charge in [-0.3, -0.25) is 0 Å². The first-order valence-electron chi connectivity index (χ1n) is 6.84. The Kier molecular flexibility index (Phi) is 3.05. The summed E-state index contributed by atoms with van der Waals surface area (Å²) in [6.07, 6.45) is 5.25. The molecule has 3 heteroatoms. The van der Waals surface area contributed by atoms with Gasteiger partial charge < -0.3 is 9.47 Å². The van der Waals surface area contributed by atoms with Crippen LogP contribution in [0.5, 0.6) is 0 Å². The molecule has 0 unspecified atom stereocenters. The Bertz CT molecular complexity index is 508. The van der Waals surface area contributed by atoms with Gasteiger partial charge in [-0.2, -0.15) is 0 Å². The molecule has 0 heterocycles. The quantitative estimate of drug-likeness (QED) is 0.609. The summed E-state index contributed by atoms with van der Waals surface area (Å²) >= 11 is 0. The minimum atomic E-state index is -0.582. The lowest BCUT2D eigenvalue weighted by Crippen LogP contribution is -2.49. The maximum atomic E-state index is 11.8. The Morgan fingerprint density at radius 2 is 2.26 bits per heavy atom. The highest BCUT2D eigenvalue weighted by molar-refractivity contribution is 5.63. The molecule has 0 radical (unpaired) electrons. The Morgan fingerprint density at radius 3 is 3.11 bits per heavy atom. The molecule has 0 spiro atoms. The van der Waals surface area contributed by atoms with E-state index in [0.717, 1.165) is 24.8 Å². The van der Waals surface area contributed by atoms with Gasteiger partial charge in [-0.1, -0.05) is 43.3 Å². The van der Waals surface area contributed by atoms with Crippen molar-refractivity contribution in [2.75, 3.05) is 6.61 Å². The maximum absolute atomic E-state index is 11.8. The molecular weight excluding hydrogens is 240 g/mol. The molecule has 0 amide bonds. The number of hydrogen-bond donors (Lipinski definition) is 0. The Labute approximate surface area is 113 Å². The first-order valence-corrected chi connectivity index (χ1v) is 6.84. The fraction of sp³-hybridized carbons (Fsp3) is 0.438. The molecule has 3 nitrogen and oxygen atoms in total. The van der Waals surface area contributed by atoms with Gasteiger partial charge in [-0.05, 0) is 30.4 Å². The summed E-state index contributed by atoms with van der Waals surface area (Å²) in [6, 6.07) is 8.26. The van der Waals surface area contributed by atoms with E-state index in [2.05, 4.69) is 18.7 Å². The second-order valence-electron chi connectivity index (χ2n) is 5.23. The van der Waals surface area contributed by atoms with Crippen LogP contribution in [-0.4, -0.2) is 12.8 Å². The third kappa shape index (κ3) is 1.84. The zero-order chi connectivity index (χ0) is 13.3. The van der Waals surface area contributed by atoms with Crippen LogP contribution in [0.2, 0.25) is 0 Å². The van der Waals surface area contributed by atoms with Gasteiger partial charge in [0.25, 0.3) is 0 Å². The van der Waals surface area contributed by atoms with Crippen molar-refractivity contribution in [3.05, 3.63) is 48.0 Å². The minimum absolute atomic E-state index is 0.196. The molecule has 1 aromatic rings. The first-order chi connectivity index (χ1) is 9.28. The molecule has 0 N–H and O–H groups in total. The largest absolute Gasteiger partial charge is 0.509 e. The monoisotopic (exact) mass is 258 g/mol. The number of carbonyl (C=O) groups excluding carboxylic acids is 1. The standard InChI is InChI=1S/C16H18O3/c1-2-11-18-15(17)19-16-10-6-5-9-14(16)12-7-3-4-8-13(12)16/h2-4,7-8,14H,1,5-6,9-11H2/t14-,16-/m1/s1. The van der Waals surface area contributed by atoms with Crippen molar-refractivity contribution in [1.29, 1.82) is 0 Å². The number of hydrogen-bond acceptors (Lipinski definition) is 3. The van der Waals surface area contributed by atoms with Crippen LogP contribution in [0.4, 0.5) is 4.79 Å². The number of benzene rings is 1.